The molecule has 2 N–H and O–H groups in total. The van der Waals surface area contributed by atoms with E-state index >= 15 is 0 Å². The van der Waals surface area contributed by atoms with Crippen LogP contribution < -0.4 is 20.1 Å². The van der Waals surface area contributed by atoms with Crippen molar-refractivity contribution in [1.82, 2.24) is 5.32 Å². The number of amides is 1. The average molecular weight is 511 g/mol. The minimum Gasteiger partial charge on any atom is -0.493 e. The van der Waals surface area contributed by atoms with Crippen molar-refractivity contribution in [3.63, 3.8) is 0 Å². The van der Waals surface area contributed by atoms with E-state index in [1.807, 2.05) is 0 Å². The zero-order chi connectivity index (χ0) is 25.6. The van der Waals surface area contributed by atoms with Crippen LogP contribution in [-0.4, -0.2) is 22.9 Å². The van der Waals surface area contributed by atoms with Crippen LogP contribution in [0.1, 0.15) is 45.9 Å². The maximum absolute atomic E-state index is 13.0. The van der Waals surface area contributed by atoms with Crippen LogP contribution in [0.15, 0.2) is 36.4 Å². The molecular weight excluding hydrogens is 488 g/mol. The molecule has 0 unspecified atom stereocenters. The molecule has 0 saturated heterocycles. The highest BCUT2D eigenvalue weighted by Crippen LogP contribution is 2.44. The Bertz CT molecular complexity index is 1400. The minimum absolute atomic E-state index is 0.124. The fourth-order valence-electron chi connectivity index (χ4n) is 4.54. The maximum Gasteiger partial charge on any atom is 0.318 e. The topological polar surface area (TPSA) is 146 Å². The van der Waals surface area contributed by atoms with Crippen molar-refractivity contribution in [2.75, 3.05) is 12.4 Å². The third-order valence-corrected chi connectivity index (χ3v) is 7.57. The third-order valence-electron chi connectivity index (χ3n) is 6.38. The lowest BCUT2D eigenvalue weighted by atomic mass is 9.88. The molecule has 0 bridgehead atoms. The molecular formula is C24H22N4O7S. The summed E-state index contributed by atoms with van der Waals surface area (Å²) < 4.78 is 11.2. The van der Waals surface area contributed by atoms with Gasteiger partial charge in [0.15, 0.2) is 11.5 Å². The summed E-state index contributed by atoms with van der Waals surface area (Å²) in [6.07, 6.45) is 2.44. The highest BCUT2D eigenvalue weighted by Gasteiger charge is 2.33. The molecule has 0 spiro atoms. The number of rotatable bonds is 6. The first kappa shape index (κ1) is 23.5. The van der Waals surface area contributed by atoms with Gasteiger partial charge in [-0.25, -0.2) is 0 Å². The summed E-state index contributed by atoms with van der Waals surface area (Å²) in [7, 11) is 1.43. The van der Waals surface area contributed by atoms with Crippen molar-refractivity contribution < 1.29 is 24.1 Å². The lowest BCUT2D eigenvalue weighted by molar-refractivity contribution is -0.394. The number of carbonyl (C=O) groups excluding carboxylic acids is 1. The fraction of sp³-hybridized carbons (Fsp3) is 0.292. The Labute approximate surface area is 209 Å². The first-order valence-electron chi connectivity index (χ1n) is 11.3. The normalized spacial score (nSPS) is 18.3. The van der Waals surface area contributed by atoms with Gasteiger partial charge in [0.25, 0.3) is 11.6 Å². The molecule has 12 heteroatoms. The molecule has 1 amide bonds. The van der Waals surface area contributed by atoms with E-state index in [1.54, 1.807) is 29.5 Å². The Kier molecular flexibility index (Phi) is 5.96. The zero-order valence-corrected chi connectivity index (χ0v) is 20.2. The molecule has 1 aliphatic carbocycles. The summed E-state index contributed by atoms with van der Waals surface area (Å²) >= 11 is 1.63. The van der Waals surface area contributed by atoms with Gasteiger partial charge in [0, 0.05) is 10.9 Å². The third kappa shape index (κ3) is 4.19. The molecule has 36 heavy (non-hydrogen) atoms. The molecule has 0 fully saturated rings. The summed E-state index contributed by atoms with van der Waals surface area (Å²) in [4.78, 5) is 35.2. The van der Waals surface area contributed by atoms with Crippen LogP contribution >= 0.6 is 11.3 Å². The smallest absolute Gasteiger partial charge is 0.318 e. The highest BCUT2D eigenvalue weighted by atomic mass is 32.1. The fourth-order valence-corrected chi connectivity index (χ4v) is 5.98. The van der Waals surface area contributed by atoms with E-state index in [1.165, 1.54) is 18.1 Å². The standard InChI is InChI=1S/C24H22N4O7S/c1-12-3-6-15-20(9-12)36-24-21(15)23(29)25-22(26-24)13-4-7-18(19(10-13)34-2)35-17-8-5-14(27(30)31)11-16(17)28(32)33/h4-5,7-8,10-12,22,26H,3,6,9H2,1-2H3,(H,25,29)/t12-,22+/m0/s1. The van der Waals surface area contributed by atoms with Crippen LogP contribution in [0.25, 0.3) is 0 Å². The lowest BCUT2D eigenvalue weighted by Crippen LogP contribution is -2.38. The van der Waals surface area contributed by atoms with Crippen LogP contribution in [0.4, 0.5) is 16.4 Å². The molecule has 5 rings (SSSR count). The van der Waals surface area contributed by atoms with Crippen molar-refractivity contribution in [3.05, 3.63) is 78.2 Å². The molecule has 0 saturated carbocycles. The monoisotopic (exact) mass is 510 g/mol. The van der Waals surface area contributed by atoms with Crippen LogP contribution in [0.5, 0.6) is 17.2 Å². The number of hydrogen-bond acceptors (Lipinski definition) is 9. The van der Waals surface area contributed by atoms with E-state index in [0.29, 0.717) is 11.5 Å². The van der Waals surface area contributed by atoms with Gasteiger partial charge in [-0.3, -0.25) is 25.0 Å². The number of benzene rings is 2. The largest absolute Gasteiger partial charge is 0.493 e. The minimum atomic E-state index is -0.746. The number of nitro groups is 2. The molecule has 186 valence electrons. The Morgan fingerprint density at radius 1 is 1.03 bits per heavy atom. The molecule has 2 aliphatic rings. The van der Waals surface area contributed by atoms with E-state index < -0.39 is 27.4 Å². The predicted octanol–water partition coefficient (Wildman–Crippen LogP) is 5.34. The molecule has 0 radical (unpaired) electrons. The van der Waals surface area contributed by atoms with Crippen LogP contribution in [0.2, 0.25) is 0 Å². The number of nitrogens with one attached hydrogen (secondary N) is 2. The number of anilines is 1. The quantitative estimate of drug-likeness (QED) is 0.334. The first-order chi connectivity index (χ1) is 17.2. The SMILES string of the molecule is COc1cc([C@@H]2NC(=O)c3c(sc4c3CC[C@H](C)C4)N2)ccc1Oc1ccc([N+](=O)[O-])cc1[N+](=O)[O-]. The Morgan fingerprint density at radius 3 is 2.53 bits per heavy atom. The molecule has 1 aliphatic heterocycles. The zero-order valence-electron chi connectivity index (χ0n) is 19.4. The van der Waals surface area contributed by atoms with Crippen molar-refractivity contribution in [3.8, 4) is 17.2 Å². The van der Waals surface area contributed by atoms with Gasteiger partial charge in [0.2, 0.25) is 5.75 Å². The second-order valence-corrected chi connectivity index (χ2v) is 9.89. The number of nitro benzene ring substituents is 2. The molecule has 2 atom stereocenters. The van der Waals surface area contributed by atoms with E-state index in [4.69, 9.17) is 9.47 Å². The van der Waals surface area contributed by atoms with E-state index in [9.17, 15) is 25.0 Å². The van der Waals surface area contributed by atoms with Crippen LogP contribution in [-0.2, 0) is 12.8 Å². The van der Waals surface area contributed by atoms with Gasteiger partial charge in [-0.15, -0.1) is 11.3 Å². The number of ether oxygens (including phenoxy) is 2. The van der Waals surface area contributed by atoms with E-state index in [0.717, 1.165) is 47.5 Å². The Hall–Kier alpha value is -4.19. The Morgan fingerprint density at radius 2 is 1.81 bits per heavy atom. The average Bonchev–Trinajstić information content (AvgIpc) is 3.22. The van der Waals surface area contributed by atoms with Crippen molar-refractivity contribution in [1.29, 1.82) is 0 Å². The number of hydrogen-bond donors (Lipinski definition) is 2. The lowest BCUT2D eigenvalue weighted by Gasteiger charge is -2.27. The summed E-state index contributed by atoms with van der Waals surface area (Å²) in [5.74, 6) is 0.771. The summed E-state index contributed by atoms with van der Waals surface area (Å²) in [5.41, 5.74) is 1.62. The second-order valence-electron chi connectivity index (χ2n) is 8.79. The van der Waals surface area contributed by atoms with Crippen molar-refractivity contribution in [2.24, 2.45) is 5.92 Å². The number of fused-ring (bicyclic) bond motifs is 3. The highest BCUT2D eigenvalue weighted by molar-refractivity contribution is 7.16. The Balaban J connectivity index is 1.42. The molecule has 11 nitrogen and oxygen atoms in total. The summed E-state index contributed by atoms with van der Waals surface area (Å²) in [5, 5.41) is 29.7. The summed E-state index contributed by atoms with van der Waals surface area (Å²) in [6.45, 7) is 2.22. The van der Waals surface area contributed by atoms with Crippen LogP contribution in [0, 0.1) is 26.1 Å². The van der Waals surface area contributed by atoms with E-state index in [-0.39, 0.29) is 23.2 Å². The van der Waals surface area contributed by atoms with Crippen molar-refractivity contribution in [2.45, 2.75) is 32.4 Å². The molecule has 2 heterocycles. The molecule has 3 aromatic rings. The van der Waals surface area contributed by atoms with Crippen molar-refractivity contribution >= 4 is 33.6 Å². The second kappa shape index (κ2) is 9.11. The van der Waals surface area contributed by atoms with Gasteiger partial charge in [0.1, 0.15) is 11.2 Å². The van der Waals surface area contributed by atoms with Gasteiger partial charge >= 0.3 is 5.69 Å². The molecule has 1 aromatic heterocycles. The first-order valence-corrected chi connectivity index (χ1v) is 12.1. The number of thiophene rings is 1. The predicted molar refractivity (Wildman–Crippen MR) is 132 cm³/mol. The number of non-ortho nitro benzene ring substituents is 1. The number of nitrogens with zero attached hydrogens (tertiary/aromatic N) is 2. The maximum atomic E-state index is 13.0. The van der Waals surface area contributed by atoms with Gasteiger partial charge in [-0.05, 0) is 54.5 Å². The number of methoxy groups -OCH3 is 1. The van der Waals surface area contributed by atoms with Gasteiger partial charge in [-0.1, -0.05) is 13.0 Å². The van der Waals surface area contributed by atoms with Gasteiger partial charge < -0.3 is 20.1 Å². The molecule has 2 aromatic carbocycles. The number of carbonyl (C=O) groups is 1. The van der Waals surface area contributed by atoms with Gasteiger partial charge in [0.05, 0.1) is 28.6 Å². The summed E-state index contributed by atoms with van der Waals surface area (Å²) in [6, 6.07) is 8.11. The van der Waals surface area contributed by atoms with E-state index in [2.05, 4.69) is 17.6 Å². The van der Waals surface area contributed by atoms with Gasteiger partial charge in [-0.2, -0.15) is 0 Å². The van der Waals surface area contributed by atoms with Crippen LogP contribution in [0.3, 0.4) is 0 Å².